The van der Waals surface area contributed by atoms with Gasteiger partial charge >= 0.3 is 0 Å². The molecule has 0 fully saturated rings. The van der Waals surface area contributed by atoms with Gasteiger partial charge in [-0.15, -0.1) is 0 Å². The molecule has 7 nitrogen and oxygen atoms in total. The summed E-state index contributed by atoms with van der Waals surface area (Å²) in [5.41, 5.74) is 4.97. The average Bonchev–Trinajstić information content (AvgIpc) is 3.51. The van der Waals surface area contributed by atoms with Crippen LogP contribution in [0.1, 0.15) is 34.6 Å². The van der Waals surface area contributed by atoms with Crippen molar-refractivity contribution in [2.45, 2.75) is 25.9 Å². The van der Waals surface area contributed by atoms with E-state index in [-0.39, 0.29) is 18.2 Å². The van der Waals surface area contributed by atoms with E-state index in [1.54, 1.807) is 11.8 Å². The second-order valence-electron chi connectivity index (χ2n) is 8.72. The Balaban J connectivity index is 1.41. The minimum Gasteiger partial charge on any atom is -0.493 e. The molecule has 0 aliphatic carbocycles. The number of carbonyl (C=O) groups excluding carboxylic acids is 1. The minimum absolute atomic E-state index is 0.0805. The van der Waals surface area contributed by atoms with Gasteiger partial charge in [0.25, 0.3) is 0 Å². The van der Waals surface area contributed by atoms with Gasteiger partial charge in [-0.05, 0) is 36.2 Å². The van der Waals surface area contributed by atoms with Crippen LogP contribution in [0.5, 0.6) is 11.5 Å². The molecular formula is C28H24N4O3S. The Morgan fingerprint density at radius 1 is 1.06 bits per heavy atom. The number of benzene rings is 3. The van der Waals surface area contributed by atoms with Crippen molar-refractivity contribution < 1.29 is 14.3 Å². The van der Waals surface area contributed by atoms with Crippen LogP contribution in [0.15, 0.2) is 72.9 Å². The van der Waals surface area contributed by atoms with Crippen molar-refractivity contribution in [2.75, 3.05) is 12.4 Å². The van der Waals surface area contributed by atoms with E-state index >= 15 is 0 Å². The maximum atomic E-state index is 12.9. The number of carbonyl (C=O) groups is 1. The average molecular weight is 497 g/mol. The van der Waals surface area contributed by atoms with Gasteiger partial charge in [0.2, 0.25) is 11.0 Å². The smallest absolute Gasteiger partial charge is 0.226 e. The Hall–Kier alpha value is -4.17. The fourth-order valence-electron chi connectivity index (χ4n) is 4.64. The highest BCUT2D eigenvalue weighted by molar-refractivity contribution is 7.20. The molecule has 1 aliphatic heterocycles. The first-order valence-corrected chi connectivity index (χ1v) is 12.5. The lowest BCUT2D eigenvalue weighted by Crippen LogP contribution is -2.25. The van der Waals surface area contributed by atoms with Gasteiger partial charge in [-0.1, -0.05) is 59.9 Å². The number of fused-ring (bicyclic) bond motifs is 2. The molecule has 1 amide bonds. The van der Waals surface area contributed by atoms with Crippen LogP contribution in [-0.4, -0.2) is 27.8 Å². The molecule has 2 aromatic heterocycles. The van der Waals surface area contributed by atoms with Gasteiger partial charge in [0, 0.05) is 23.5 Å². The van der Waals surface area contributed by atoms with Crippen molar-refractivity contribution in [1.82, 2.24) is 14.8 Å². The lowest BCUT2D eigenvalue weighted by Gasteiger charge is -2.26. The molecule has 0 radical (unpaired) electrons. The van der Waals surface area contributed by atoms with Crippen molar-refractivity contribution in [2.24, 2.45) is 0 Å². The Labute approximate surface area is 212 Å². The summed E-state index contributed by atoms with van der Waals surface area (Å²) in [6.07, 6.45) is 2.10. The number of hydrogen-bond acceptors (Lipinski definition) is 6. The van der Waals surface area contributed by atoms with Gasteiger partial charge in [-0.25, -0.2) is 4.98 Å². The summed E-state index contributed by atoms with van der Waals surface area (Å²) >= 11 is 1.54. The molecule has 6 rings (SSSR count). The third-order valence-electron chi connectivity index (χ3n) is 6.52. The number of nitrogens with zero attached hydrogens (tertiary/aromatic N) is 3. The van der Waals surface area contributed by atoms with Crippen LogP contribution in [0.25, 0.3) is 15.3 Å². The number of amides is 1. The monoisotopic (exact) mass is 496 g/mol. The van der Waals surface area contributed by atoms with E-state index in [0.29, 0.717) is 29.1 Å². The molecule has 0 saturated carbocycles. The van der Waals surface area contributed by atoms with Crippen LogP contribution in [0.4, 0.5) is 5.82 Å². The molecule has 5 aromatic rings. The lowest BCUT2D eigenvalue weighted by atomic mass is 9.86. The number of nitrogens with one attached hydrogen (secondary N) is 1. The second-order valence-corrected chi connectivity index (χ2v) is 9.73. The van der Waals surface area contributed by atoms with E-state index in [1.807, 2.05) is 60.8 Å². The number of para-hydroxylation sites is 2. The first-order chi connectivity index (χ1) is 17.6. The molecule has 1 atom stereocenters. The highest BCUT2D eigenvalue weighted by atomic mass is 32.1. The predicted molar refractivity (Wildman–Crippen MR) is 140 cm³/mol. The SMILES string of the molecule is COc1cccc(C2CC(=O)Nc3c2cnn3-c2nc3ccccc3s2)c1OCc1ccccc1C. The molecule has 1 unspecified atom stereocenters. The van der Waals surface area contributed by atoms with Crippen LogP contribution >= 0.6 is 11.3 Å². The molecule has 8 heteroatoms. The Bertz CT molecular complexity index is 1560. The van der Waals surface area contributed by atoms with Gasteiger partial charge in [0.05, 0.1) is 23.5 Å². The topological polar surface area (TPSA) is 78.3 Å². The normalized spacial score (nSPS) is 14.9. The number of rotatable bonds is 6. The molecular weight excluding hydrogens is 472 g/mol. The predicted octanol–water partition coefficient (Wildman–Crippen LogP) is 5.85. The van der Waals surface area contributed by atoms with E-state index < -0.39 is 0 Å². The molecule has 0 bridgehead atoms. The van der Waals surface area contributed by atoms with E-state index in [9.17, 15) is 4.79 Å². The van der Waals surface area contributed by atoms with Gasteiger partial charge in [0.1, 0.15) is 12.4 Å². The first-order valence-electron chi connectivity index (χ1n) is 11.7. The zero-order valence-electron chi connectivity index (χ0n) is 19.9. The highest BCUT2D eigenvalue weighted by Crippen LogP contribution is 2.45. The molecule has 3 aromatic carbocycles. The van der Waals surface area contributed by atoms with Crippen LogP contribution in [0, 0.1) is 6.92 Å². The van der Waals surface area contributed by atoms with Gasteiger partial charge in [0.15, 0.2) is 11.5 Å². The number of aromatic nitrogens is 3. The zero-order chi connectivity index (χ0) is 24.6. The molecule has 180 valence electrons. The maximum absolute atomic E-state index is 12.9. The summed E-state index contributed by atoms with van der Waals surface area (Å²) in [4.78, 5) is 17.6. The molecule has 3 heterocycles. The molecule has 1 N–H and O–H groups in total. The number of thiazole rings is 1. The largest absolute Gasteiger partial charge is 0.493 e. The third-order valence-corrected chi connectivity index (χ3v) is 7.53. The van der Waals surface area contributed by atoms with Crippen molar-refractivity contribution in [3.8, 4) is 16.6 Å². The van der Waals surface area contributed by atoms with Crippen LogP contribution in [-0.2, 0) is 11.4 Å². The van der Waals surface area contributed by atoms with Crippen LogP contribution in [0.3, 0.4) is 0 Å². The number of methoxy groups -OCH3 is 1. The molecule has 0 saturated heterocycles. The Morgan fingerprint density at radius 3 is 2.72 bits per heavy atom. The third kappa shape index (κ3) is 3.89. The summed E-state index contributed by atoms with van der Waals surface area (Å²) < 4.78 is 14.8. The quantitative estimate of drug-likeness (QED) is 0.319. The standard InChI is InChI=1S/C28H24N4O3S/c1-17-8-3-4-9-18(17)16-35-26-19(10-7-12-23(26)34-2)20-14-25(33)31-27-21(20)15-29-32(27)28-30-22-11-5-6-13-24(22)36-28/h3-13,15,20H,14,16H2,1-2H3,(H,31,33). The van der Waals surface area contributed by atoms with Crippen molar-refractivity contribution >= 4 is 33.3 Å². The van der Waals surface area contributed by atoms with Gasteiger partial charge in [-0.2, -0.15) is 9.78 Å². The van der Waals surface area contributed by atoms with Crippen LogP contribution in [0.2, 0.25) is 0 Å². The lowest BCUT2D eigenvalue weighted by molar-refractivity contribution is -0.116. The fraction of sp³-hybridized carbons (Fsp3) is 0.179. The number of ether oxygens (including phenoxy) is 2. The maximum Gasteiger partial charge on any atom is 0.226 e. The number of anilines is 1. The van der Waals surface area contributed by atoms with Crippen molar-refractivity contribution in [1.29, 1.82) is 0 Å². The Morgan fingerprint density at radius 2 is 1.89 bits per heavy atom. The summed E-state index contributed by atoms with van der Waals surface area (Å²) in [6.45, 7) is 2.47. The van der Waals surface area contributed by atoms with Gasteiger partial charge in [-0.3, -0.25) is 4.79 Å². The fourth-order valence-corrected chi connectivity index (χ4v) is 5.57. The molecule has 0 spiro atoms. The van der Waals surface area contributed by atoms with E-state index in [1.165, 1.54) is 11.3 Å². The van der Waals surface area contributed by atoms with Crippen LogP contribution < -0.4 is 14.8 Å². The highest BCUT2D eigenvalue weighted by Gasteiger charge is 2.33. The Kier molecular flexibility index (Phi) is 5.65. The number of aryl methyl sites for hydroxylation is 1. The van der Waals surface area contributed by atoms with Gasteiger partial charge < -0.3 is 14.8 Å². The minimum atomic E-state index is -0.237. The van der Waals surface area contributed by atoms with Crippen molar-refractivity contribution in [3.05, 3.63) is 95.2 Å². The summed E-state index contributed by atoms with van der Waals surface area (Å²) in [6, 6.07) is 21.9. The first kappa shape index (κ1) is 22.3. The van der Waals surface area contributed by atoms with E-state index in [2.05, 4.69) is 29.5 Å². The van der Waals surface area contributed by atoms with Crippen molar-refractivity contribution in [3.63, 3.8) is 0 Å². The molecule has 1 aliphatic rings. The zero-order valence-corrected chi connectivity index (χ0v) is 20.7. The summed E-state index contributed by atoms with van der Waals surface area (Å²) in [5, 5.41) is 8.36. The van der Waals surface area contributed by atoms with E-state index in [0.717, 1.165) is 32.5 Å². The summed E-state index contributed by atoms with van der Waals surface area (Å²) in [7, 11) is 1.63. The number of hydrogen-bond donors (Lipinski definition) is 1. The second kappa shape index (κ2) is 9.13. The summed E-state index contributed by atoms with van der Waals surface area (Å²) in [5.74, 6) is 1.60. The molecule has 36 heavy (non-hydrogen) atoms. The van der Waals surface area contributed by atoms with E-state index in [4.69, 9.17) is 14.5 Å².